The van der Waals surface area contributed by atoms with Gasteiger partial charge in [0.15, 0.2) is 0 Å². The zero-order valence-corrected chi connectivity index (χ0v) is 79.8. The number of imidazole rings is 5. The van der Waals surface area contributed by atoms with Gasteiger partial charge < -0.3 is 63.5 Å². The Labute approximate surface area is 806 Å². The van der Waals surface area contributed by atoms with Crippen molar-refractivity contribution in [2.75, 3.05) is 55.6 Å². The lowest BCUT2D eigenvalue weighted by Gasteiger charge is -2.29. The van der Waals surface area contributed by atoms with E-state index in [-0.39, 0.29) is 23.3 Å². The molecule has 5 heterocycles. The lowest BCUT2D eigenvalue weighted by atomic mass is 9.92. The minimum Gasteiger partial charge on any atom is -0.497 e. The van der Waals surface area contributed by atoms with Crippen LogP contribution >= 0.6 is 0 Å². The van der Waals surface area contributed by atoms with Gasteiger partial charge in [0, 0.05) is 90.4 Å². The van der Waals surface area contributed by atoms with Gasteiger partial charge >= 0.3 is 0 Å². The summed E-state index contributed by atoms with van der Waals surface area (Å²) >= 11 is 0. The number of nitrogens with zero attached hydrogens (tertiary/aromatic N) is 10. The number of hydrogen-bond donors (Lipinski definition) is 12. The van der Waals surface area contributed by atoms with Crippen molar-refractivity contribution in [1.82, 2.24) is 85.6 Å². The number of carbonyl (C=O) groups is 6. The lowest BCUT2D eigenvalue weighted by molar-refractivity contribution is -0.124. The fourth-order valence-electron chi connectivity index (χ4n) is 15.7. The summed E-state index contributed by atoms with van der Waals surface area (Å²) in [6.07, 6.45) is 20.9. The molecule has 0 aliphatic heterocycles. The number of nitrogens with two attached hydrogens (primary N) is 1. The van der Waals surface area contributed by atoms with Gasteiger partial charge in [-0.15, -0.1) is 0 Å². The number of hydroxylamine groups is 4. The smallest absolute Gasteiger partial charge is 0.267 e. The number of aryl methyl sites for hydroxylation is 8. The number of methoxy groups -OCH3 is 3. The van der Waals surface area contributed by atoms with Gasteiger partial charge in [-0.1, -0.05) is 129 Å². The second-order valence-corrected chi connectivity index (χ2v) is 33.6. The van der Waals surface area contributed by atoms with E-state index in [2.05, 4.69) is 116 Å². The Hall–Kier alpha value is -16.0. The van der Waals surface area contributed by atoms with Crippen molar-refractivity contribution in [2.24, 2.45) is 25.2 Å². The minimum absolute atomic E-state index is 0.0552. The number of para-hydroxylation sites is 1. The topological polar surface area (TPSA) is 422 Å². The standard InChI is InChI=1S/C26H34N4O3.C22H24N4O3.C21H23N3O3.C19H20N4O2.C19H19N3O3/c1-26(2,17-29(3)4)18-30-23-12-9-20(11-14-25(31)28-32)16-22(23)27-24(30)13-10-19-7-6-8-21(15-19)33-5;1-23-21(27)11-7-15-6-10-19-18(12-15)25-20(26(19)2)14-24-22(28)13-16-4-8-17(29-3)9-5-16;1-2-24-19-12-10-16(11-13-21(25)23-26)15-18(19)22-20(24)9-6-14-27-17-7-4-3-5-8-17;1-23-17-9-7-14(8-10-18(24)22-25)12-16(17)21-19(23)15(20)11-13-5-3-2-4-6-13;1-25-15-4-2-3-13(11-15)6-9-18-20-16-8-5-14(12-17(16)21-18)7-10-19(23)22-24/h6-9,11-12,14-16,32H,10,13,17-18H2,1-5H3,(H,28,31);4-12H,13-14H2,1-3H3,(H,23,27)(H,24,28);3-5,7-8,10-13,15,26H,2,6,9,14H2,1H3,(H,23,25);2-10,12,15,25H,11,20H2,1H3,(H,22,24);2-5,7-8,10-12,24H,6,9H2,1H3,(H,20,21)(H,22,23)/b14-11+;11-7+;13-11+;10-8+;10-7+. The van der Waals surface area contributed by atoms with Crippen LogP contribution in [0.25, 0.3) is 85.5 Å². The third-order valence-electron chi connectivity index (χ3n) is 22.4. The van der Waals surface area contributed by atoms with Crippen LogP contribution in [0, 0.1) is 5.41 Å². The first-order valence-electron chi connectivity index (χ1n) is 45.2. The molecule has 0 fully saturated rings. The van der Waals surface area contributed by atoms with Gasteiger partial charge in [0.2, 0.25) is 11.8 Å². The van der Waals surface area contributed by atoms with E-state index in [0.717, 1.165) is 199 Å². The van der Waals surface area contributed by atoms with Crippen LogP contribution in [0.5, 0.6) is 23.0 Å². The molecule has 0 aliphatic rings. The third-order valence-corrected chi connectivity index (χ3v) is 22.4. The van der Waals surface area contributed by atoms with Gasteiger partial charge in [-0.25, -0.2) is 46.8 Å². The van der Waals surface area contributed by atoms with Crippen molar-refractivity contribution >= 4 is 121 Å². The molecular weight excluding hydrogens is 1760 g/mol. The number of likely N-dealkylation sites (N-methyl/N-ethyl adjacent to an activating group) is 1. The number of aromatic nitrogens is 10. The van der Waals surface area contributed by atoms with Crippen LogP contribution in [0.3, 0.4) is 0 Å². The normalized spacial score (nSPS) is 11.6. The maximum absolute atomic E-state index is 12.3. The molecule has 1 unspecified atom stereocenters. The number of benzene rings is 10. The highest BCUT2D eigenvalue weighted by Crippen LogP contribution is 2.30. The van der Waals surface area contributed by atoms with Crippen molar-refractivity contribution in [2.45, 2.75) is 97.8 Å². The predicted octanol–water partition coefficient (Wildman–Crippen LogP) is 14.9. The Balaban J connectivity index is 0.000000167. The second kappa shape index (κ2) is 51.7. The summed E-state index contributed by atoms with van der Waals surface area (Å²) in [7, 11) is 14.6. The summed E-state index contributed by atoms with van der Waals surface area (Å²) in [5.74, 6) is 5.39. The molecular formula is C107H120N18O14. The van der Waals surface area contributed by atoms with Crippen molar-refractivity contribution in [3.05, 3.63) is 334 Å². The van der Waals surface area contributed by atoms with E-state index in [1.54, 1.807) is 80.7 Å². The Morgan fingerprint density at radius 3 is 1.41 bits per heavy atom. The zero-order valence-electron chi connectivity index (χ0n) is 79.8. The average molecular weight is 1880 g/mol. The fraction of sp³-hybridized carbons (Fsp3) is 0.243. The zero-order chi connectivity index (χ0) is 99.3. The fourth-order valence-corrected chi connectivity index (χ4v) is 15.7. The van der Waals surface area contributed by atoms with Crippen LogP contribution in [-0.4, -0.2) is 165 Å². The summed E-state index contributed by atoms with van der Waals surface area (Å²) in [6.45, 7) is 10.3. The summed E-state index contributed by atoms with van der Waals surface area (Å²) in [5, 5.41) is 39.7. The molecule has 10 aromatic carbocycles. The quantitative estimate of drug-likeness (QED) is 0.00751. The first kappa shape index (κ1) is 104. The number of ether oxygens (including phenoxy) is 4. The molecule has 13 N–H and O–H groups in total. The number of aromatic amines is 1. The van der Waals surface area contributed by atoms with Crippen molar-refractivity contribution < 1.29 is 68.5 Å². The molecule has 15 rings (SSSR count). The molecule has 32 heteroatoms. The molecule has 6 amide bonds. The van der Waals surface area contributed by atoms with Gasteiger partial charge in [0.1, 0.15) is 52.1 Å². The number of H-pyrrole nitrogens is 1. The maximum Gasteiger partial charge on any atom is 0.267 e. The summed E-state index contributed by atoms with van der Waals surface area (Å²) in [4.78, 5) is 97.4. The van der Waals surface area contributed by atoms with Gasteiger partial charge in [0.05, 0.1) is 102 Å². The van der Waals surface area contributed by atoms with Crippen LogP contribution in [0.15, 0.2) is 255 Å². The number of amides is 6. The molecule has 0 radical (unpaired) electrons. The Morgan fingerprint density at radius 1 is 0.453 bits per heavy atom. The van der Waals surface area contributed by atoms with E-state index < -0.39 is 23.6 Å². The second-order valence-electron chi connectivity index (χ2n) is 33.6. The number of hydrogen-bond acceptors (Lipinski definition) is 21. The molecule has 722 valence electrons. The van der Waals surface area contributed by atoms with Crippen LogP contribution in [0.4, 0.5) is 0 Å². The molecule has 0 aliphatic carbocycles. The molecule has 1 atom stereocenters. The van der Waals surface area contributed by atoms with Gasteiger partial charge in [0.25, 0.3) is 23.6 Å². The average Bonchev–Trinajstić information content (AvgIpc) is 1.63. The van der Waals surface area contributed by atoms with E-state index in [4.69, 9.17) is 55.5 Å². The van der Waals surface area contributed by atoms with E-state index in [1.165, 1.54) is 47.1 Å². The Morgan fingerprint density at radius 2 is 0.899 bits per heavy atom. The molecule has 0 spiro atoms. The SMILES string of the molecule is CCn1c(CCCOc2ccccc2)nc2cc(/C=C/C(=O)NO)ccc21.CNC(=O)/C=C/c1ccc2c(c1)nc(CNC(=O)Cc1ccc(OC)cc1)n2C.COc1cccc(CCc2nc3cc(/C=C/C(=O)NO)ccc3n2CC(C)(C)CN(C)C)c1.COc1cccc(CCc2nc3ccc(/C=C/C(=O)NO)cc3[nH]2)c1.Cn1c(C(N)Cc2ccccc2)nc2cc(/C=C/C(=O)NO)ccc21. The number of carbonyl (C=O) groups excluding carboxylic acids is 6. The van der Waals surface area contributed by atoms with E-state index in [0.29, 0.717) is 26.0 Å². The minimum atomic E-state index is -0.577. The molecule has 32 nitrogen and oxygen atoms in total. The van der Waals surface area contributed by atoms with Gasteiger partial charge in [-0.2, -0.15) is 0 Å². The van der Waals surface area contributed by atoms with Crippen LogP contribution in [0.1, 0.15) is 112 Å². The highest BCUT2D eigenvalue weighted by atomic mass is 16.5. The monoisotopic (exact) mass is 1880 g/mol. The Kier molecular flexibility index (Phi) is 38.5. The van der Waals surface area contributed by atoms with Crippen molar-refractivity contribution in [1.29, 1.82) is 0 Å². The molecule has 5 aromatic heterocycles. The van der Waals surface area contributed by atoms with E-state index in [1.807, 2.05) is 211 Å². The molecule has 0 saturated heterocycles. The number of rotatable bonds is 36. The molecule has 139 heavy (non-hydrogen) atoms. The van der Waals surface area contributed by atoms with E-state index in [9.17, 15) is 28.8 Å². The highest BCUT2D eigenvalue weighted by Gasteiger charge is 2.25. The summed E-state index contributed by atoms with van der Waals surface area (Å²) in [5.41, 5.74) is 30.7. The van der Waals surface area contributed by atoms with E-state index >= 15 is 0 Å². The van der Waals surface area contributed by atoms with Gasteiger partial charge in [-0.05, 0) is 242 Å². The molecule has 15 aromatic rings. The van der Waals surface area contributed by atoms with Crippen molar-refractivity contribution in [3.8, 4) is 23.0 Å². The Bertz CT molecular complexity index is 6830. The first-order chi connectivity index (χ1) is 67.2. The number of nitrogens with one attached hydrogen (secondary N) is 7. The van der Waals surface area contributed by atoms with Crippen molar-refractivity contribution in [3.63, 3.8) is 0 Å². The largest absolute Gasteiger partial charge is 0.497 e. The lowest BCUT2D eigenvalue weighted by Crippen LogP contribution is -2.32. The maximum atomic E-state index is 12.3. The number of fused-ring (bicyclic) bond motifs is 5. The summed E-state index contributed by atoms with van der Waals surface area (Å²) in [6, 6.07) is 72.3. The third kappa shape index (κ3) is 31.0. The van der Waals surface area contributed by atoms with Crippen LogP contribution in [0.2, 0.25) is 0 Å². The van der Waals surface area contributed by atoms with Crippen LogP contribution < -0.4 is 57.2 Å². The molecule has 0 saturated carbocycles. The first-order valence-corrected chi connectivity index (χ1v) is 45.2. The highest BCUT2D eigenvalue weighted by molar-refractivity contribution is 5.95. The summed E-state index contributed by atoms with van der Waals surface area (Å²) < 4.78 is 30.0. The van der Waals surface area contributed by atoms with Crippen LogP contribution in [-0.2, 0) is 107 Å². The molecule has 0 bridgehead atoms. The van der Waals surface area contributed by atoms with Gasteiger partial charge in [-0.3, -0.25) is 49.6 Å². The predicted molar refractivity (Wildman–Crippen MR) is 541 cm³/mol.